The molecule has 0 bridgehead atoms. The third kappa shape index (κ3) is 20.0. The standard InChI is InChI=1S/2C4H6N2.CHF3O3S.BF4/c2*1-6-3-2-5-4-6;2-1(3,4)8(5,6)7;2-1(3,4)5/h2*2-4H,1H3;(H,5,6,7);/q;;;-1/p+1. The lowest BCUT2D eigenvalue weighted by molar-refractivity contribution is -0.709. The van der Waals surface area contributed by atoms with Crippen molar-refractivity contribution in [1.82, 2.24) is 9.55 Å². The van der Waals surface area contributed by atoms with Crippen molar-refractivity contribution in [3.8, 4) is 0 Å². The molecule has 1 aliphatic rings. The molecule has 2 rings (SSSR count). The van der Waals surface area contributed by atoms with Gasteiger partial charge in [-0.05, 0) is 0 Å². The molecule has 0 aliphatic carbocycles. The normalized spacial score (nSPS) is 16.0. The number of hydrogen-bond donors (Lipinski definition) is 2. The van der Waals surface area contributed by atoms with E-state index < -0.39 is 22.9 Å². The van der Waals surface area contributed by atoms with Crippen LogP contribution >= 0.6 is 0 Å². The average Bonchev–Trinajstić information content (AvgIpc) is 2.99. The molecule has 0 radical (unpaired) electrons. The third-order valence-electron chi connectivity index (χ3n) is 1.63. The molecule has 0 amide bonds. The summed E-state index contributed by atoms with van der Waals surface area (Å²) in [5.41, 5.74) is -5.53. The minimum Gasteiger partial charge on any atom is -0.418 e. The molecule has 1 unspecified atom stereocenters. The monoisotopic (exact) mass is 402 g/mol. The van der Waals surface area contributed by atoms with Gasteiger partial charge in [0.2, 0.25) is 0 Å². The van der Waals surface area contributed by atoms with Crippen LogP contribution in [0.15, 0.2) is 36.1 Å². The fourth-order valence-corrected chi connectivity index (χ4v) is 0.690. The van der Waals surface area contributed by atoms with Crippen molar-refractivity contribution in [2.45, 2.75) is 5.51 Å². The van der Waals surface area contributed by atoms with Crippen LogP contribution in [0, 0.1) is 0 Å². The van der Waals surface area contributed by atoms with Crippen molar-refractivity contribution in [2.75, 3.05) is 7.05 Å². The van der Waals surface area contributed by atoms with E-state index in [1.165, 1.54) is 4.90 Å². The van der Waals surface area contributed by atoms with Gasteiger partial charge in [0, 0.05) is 19.4 Å². The van der Waals surface area contributed by atoms with Crippen LogP contribution < -0.4 is 4.90 Å². The molecule has 1 aromatic rings. The Morgan fingerprint density at radius 3 is 1.72 bits per heavy atom. The van der Waals surface area contributed by atoms with Crippen molar-refractivity contribution in [2.24, 2.45) is 12.0 Å². The summed E-state index contributed by atoms with van der Waals surface area (Å²) < 4.78 is 98.4. The van der Waals surface area contributed by atoms with Gasteiger partial charge in [-0.25, -0.2) is 9.98 Å². The van der Waals surface area contributed by atoms with E-state index in [1.807, 2.05) is 37.4 Å². The zero-order chi connectivity index (χ0) is 20.3. The lowest BCUT2D eigenvalue weighted by Crippen LogP contribution is -3.01. The number of alkyl halides is 3. The maximum atomic E-state index is 10.7. The molecule has 1 aliphatic heterocycles. The lowest BCUT2D eigenvalue weighted by Gasteiger charge is -1.97. The van der Waals surface area contributed by atoms with Crippen molar-refractivity contribution < 1.29 is 48.3 Å². The molecule has 25 heavy (non-hydrogen) atoms. The van der Waals surface area contributed by atoms with Crippen LogP contribution in [0.25, 0.3) is 0 Å². The highest BCUT2D eigenvalue weighted by atomic mass is 32.2. The summed E-state index contributed by atoms with van der Waals surface area (Å²) in [5.74, 6) is 0. The fourth-order valence-electron chi connectivity index (χ4n) is 0.690. The molecule has 7 nitrogen and oxygen atoms in total. The topological polar surface area (TPSA) is 89.0 Å². The van der Waals surface area contributed by atoms with E-state index in [2.05, 4.69) is 9.98 Å². The molecule has 0 fully saturated rings. The second kappa shape index (κ2) is 10.8. The van der Waals surface area contributed by atoms with Crippen LogP contribution in [0.4, 0.5) is 30.4 Å². The first-order chi connectivity index (χ1) is 11.0. The zero-order valence-corrected chi connectivity index (χ0v) is 13.5. The van der Waals surface area contributed by atoms with Gasteiger partial charge in [-0.2, -0.15) is 21.6 Å². The Balaban J connectivity index is 0. The lowest BCUT2D eigenvalue weighted by atomic mass is 10.3. The van der Waals surface area contributed by atoms with Crippen LogP contribution in [0.3, 0.4) is 0 Å². The predicted molar refractivity (Wildman–Crippen MR) is 75.5 cm³/mol. The van der Waals surface area contributed by atoms with E-state index in [9.17, 15) is 30.4 Å². The second-order valence-electron chi connectivity index (χ2n) is 3.98. The molecule has 0 spiro atoms. The molecule has 2 heterocycles. The molecule has 1 atom stereocenters. The number of aromatic nitrogens is 2. The first kappa shape index (κ1) is 25.3. The number of nitrogens with zero attached hydrogens (tertiary/aromatic N) is 3. The van der Waals surface area contributed by atoms with Crippen molar-refractivity contribution in [3.63, 3.8) is 0 Å². The van der Waals surface area contributed by atoms with Gasteiger partial charge in [0.25, 0.3) is 0 Å². The second-order valence-corrected chi connectivity index (χ2v) is 5.39. The van der Waals surface area contributed by atoms with Crippen LogP contribution in [-0.4, -0.2) is 48.7 Å². The minimum atomic E-state index is -6.00. The molecule has 1 aromatic heterocycles. The van der Waals surface area contributed by atoms with Gasteiger partial charge < -0.3 is 21.8 Å². The molecule has 0 aromatic carbocycles. The number of rotatable bonds is 0. The highest BCUT2D eigenvalue weighted by Crippen LogP contribution is 2.20. The third-order valence-corrected chi connectivity index (χ3v) is 2.22. The Morgan fingerprint density at radius 1 is 1.20 bits per heavy atom. The Labute approximate surface area is 138 Å². The van der Waals surface area contributed by atoms with Crippen LogP contribution in [0.5, 0.6) is 0 Å². The van der Waals surface area contributed by atoms with E-state index in [-0.39, 0.29) is 0 Å². The summed E-state index contributed by atoms with van der Waals surface area (Å²) in [5, 5.41) is 0. The molecule has 2 N–H and O–H groups in total. The fraction of sp³-hybridized carbons (Fsp3) is 0.333. The maximum absolute atomic E-state index is 10.7. The molecule has 0 saturated heterocycles. The van der Waals surface area contributed by atoms with Gasteiger partial charge in [-0.1, -0.05) is 0 Å². The van der Waals surface area contributed by atoms with Gasteiger partial charge >= 0.3 is 22.9 Å². The number of quaternary nitrogens is 1. The maximum Gasteiger partial charge on any atom is 0.673 e. The van der Waals surface area contributed by atoms with E-state index in [1.54, 1.807) is 18.7 Å². The smallest absolute Gasteiger partial charge is 0.418 e. The number of aryl methyl sites for hydroxylation is 1. The number of aliphatic imine (C=N–C) groups is 1. The van der Waals surface area contributed by atoms with E-state index in [4.69, 9.17) is 13.0 Å². The Hall–Kier alpha value is -1.94. The van der Waals surface area contributed by atoms with Gasteiger partial charge in [0.05, 0.1) is 19.6 Å². The highest BCUT2D eigenvalue weighted by molar-refractivity contribution is 7.86. The predicted octanol–water partition coefficient (Wildman–Crippen LogP) is 1.13. The van der Waals surface area contributed by atoms with Gasteiger partial charge in [0.1, 0.15) is 6.20 Å². The van der Waals surface area contributed by atoms with Gasteiger partial charge in [-0.3, -0.25) is 9.45 Å². The summed E-state index contributed by atoms with van der Waals surface area (Å²) in [4.78, 5) is 8.84. The van der Waals surface area contributed by atoms with Crippen LogP contribution in [0.1, 0.15) is 0 Å². The molecular weight excluding hydrogens is 388 g/mol. The number of nitrogens with one attached hydrogen (secondary N) is 1. The first-order valence-electron chi connectivity index (χ1n) is 5.90. The summed E-state index contributed by atoms with van der Waals surface area (Å²) >= 11 is 0. The molecular formula is C9H14BF7N4O3S. The Morgan fingerprint density at radius 2 is 1.64 bits per heavy atom. The van der Waals surface area contributed by atoms with Crippen LogP contribution in [0.2, 0.25) is 0 Å². The van der Waals surface area contributed by atoms with Crippen molar-refractivity contribution in [1.29, 1.82) is 0 Å². The summed E-state index contributed by atoms with van der Waals surface area (Å²) in [7, 11) is -7.88. The quantitative estimate of drug-likeness (QED) is 0.295. The number of hydrogen-bond acceptors (Lipinski definition) is 4. The van der Waals surface area contributed by atoms with Gasteiger partial charge in [0.15, 0.2) is 6.34 Å². The molecule has 16 heteroatoms. The molecule has 146 valence electrons. The van der Waals surface area contributed by atoms with E-state index >= 15 is 0 Å². The van der Waals surface area contributed by atoms with E-state index in [0.717, 1.165) is 0 Å². The Kier molecular flexibility index (Phi) is 11.0. The number of imidazole rings is 1. The minimum absolute atomic E-state index is 1.23. The zero-order valence-electron chi connectivity index (χ0n) is 12.7. The van der Waals surface area contributed by atoms with Crippen molar-refractivity contribution in [3.05, 3.63) is 31.1 Å². The molecule has 0 saturated carbocycles. The summed E-state index contributed by atoms with van der Waals surface area (Å²) in [6.45, 7) is 0. The average molecular weight is 402 g/mol. The Bertz CT molecular complexity index is 611. The number of halogens is 7. The summed E-state index contributed by atoms with van der Waals surface area (Å²) in [6, 6.07) is 0. The largest absolute Gasteiger partial charge is 0.673 e. The van der Waals surface area contributed by atoms with Gasteiger partial charge in [-0.15, -0.1) is 0 Å². The summed E-state index contributed by atoms with van der Waals surface area (Å²) in [6.07, 6.45) is 11.0. The first-order valence-corrected chi connectivity index (χ1v) is 7.34. The van der Waals surface area contributed by atoms with Crippen molar-refractivity contribution >= 4 is 23.7 Å². The van der Waals surface area contributed by atoms with Crippen LogP contribution in [-0.2, 0) is 17.2 Å². The SMILES string of the molecule is C[NH+]1C=CN=C1.Cn1ccnc1.F[B-](F)(F)F.O=S(=O)(O)C(F)(F)F. The van der Waals surface area contributed by atoms with E-state index in [0.29, 0.717) is 0 Å². The highest BCUT2D eigenvalue weighted by Gasteiger charge is 2.44.